The van der Waals surface area contributed by atoms with Crippen molar-refractivity contribution in [3.8, 4) is 11.4 Å². The van der Waals surface area contributed by atoms with Crippen LogP contribution in [0.5, 0.6) is 5.75 Å². The van der Waals surface area contributed by atoms with E-state index in [1.807, 2.05) is 0 Å². The van der Waals surface area contributed by atoms with Crippen LogP contribution >= 0.6 is 0 Å². The van der Waals surface area contributed by atoms with Crippen molar-refractivity contribution in [3.05, 3.63) is 35.7 Å². The van der Waals surface area contributed by atoms with Gasteiger partial charge in [-0.1, -0.05) is 5.21 Å². The third-order valence-electron chi connectivity index (χ3n) is 2.17. The number of aromatic nitrogens is 3. The number of carbonyl (C=O) groups is 1. The molecule has 94 valence electrons. The number of phenols is 1. The predicted octanol–water partition coefficient (Wildman–Crippen LogP) is 1.80. The zero-order valence-corrected chi connectivity index (χ0v) is 8.72. The quantitative estimate of drug-likeness (QED) is 0.833. The highest BCUT2D eigenvalue weighted by Gasteiger charge is 2.39. The van der Waals surface area contributed by atoms with Crippen molar-refractivity contribution in [3.63, 3.8) is 0 Å². The molecule has 0 spiro atoms. The van der Waals surface area contributed by atoms with E-state index < -0.39 is 17.6 Å². The molecule has 0 amide bonds. The van der Waals surface area contributed by atoms with Crippen molar-refractivity contribution in [2.24, 2.45) is 0 Å². The van der Waals surface area contributed by atoms with Gasteiger partial charge in [-0.2, -0.15) is 13.2 Å². The number of alkyl halides is 3. The van der Waals surface area contributed by atoms with Crippen LogP contribution in [0.15, 0.2) is 24.3 Å². The number of carbonyl (C=O) groups excluding carboxylic acids is 1. The van der Waals surface area contributed by atoms with Gasteiger partial charge in [0.2, 0.25) is 0 Å². The Kier molecular flexibility index (Phi) is 2.77. The molecule has 0 saturated heterocycles. The molecule has 0 bridgehead atoms. The van der Waals surface area contributed by atoms with Gasteiger partial charge < -0.3 is 5.11 Å². The first-order valence-corrected chi connectivity index (χ1v) is 4.71. The van der Waals surface area contributed by atoms with Crippen molar-refractivity contribution in [2.75, 3.05) is 0 Å². The Hall–Kier alpha value is -2.38. The van der Waals surface area contributed by atoms with Crippen LogP contribution in [0.1, 0.15) is 16.2 Å². The lowest BCUT2D eigenvalue weighted by molar-refractivity contribution is -0.143. The molecule has 0 aliphatic heterocycles. The van der Waals surface area contributed by atoms with Crippen LogP contribution in [-0.2, 0) is 6.18 Å². The second-order valence-electron chi connectivity index (χ2n) is 3.37. The Morgan fingerprint density at radius 2 is 1.83 bits per heavy atom. The fourth-order valence-corrected chi connectivity index (χ4v) is 1.41. The molecule has 0 aliphatic carbocycles. The average molecular weight is 257 g/mol. The topological polar surface area (TPSA) is 68.0 Å². The van der Waals surface area contributed by atoms with Gasteiger partial charge in [0.1, 0.15) is 5.75 Å². The van der Waals surface area contributed by atoms with E-state index in [1.165, 1.54) is 24.3 Å². The van der Waals surface area contributed by atoms with Crippen LogP contribution in [0.3, 0.4) is 0 Å². The minimum absolute atomic E-state index is 0.00721. The van der Waals surface area contributed by atoms with Gasteiger partial charge in [0, 0.05) is 0 Å². The number of hydrogen-bond donors (Lipinski definition) is 1. The van der Waals surface area contributed by atoms with Gasteiger partial charge in [0.05, 0.1) is 5.69 Å². The lowest BCUT2D eigenvalue weighted by Crippen LogP contribution is -2.15. The molecule has 0 fully saturated rings. The fraction of sp³-hybridized carbons (Fsp3) is 0.100. The molecule has 0 atom stereocenters. The lowest BCUT2D eigenvalue weighted by Gasteiger charge is -2.09. The van der Waals surface area contributed by atoms with E-state index in [0.717, 1.165) is 0 Å². The Morgan fingerprint density at radius 1 is 1.22 bits per heavy atom. The highest BCUT2D eigenvalue weighted by Crippen LogP contribution is 2.32. The lowest BCUT2D eigenvalue weighted by atomic mass is 10.2. The molecule has 2 aromatic rings. The Morgan fingerprint density at radius 3 is 2.33 bits per heavy atom. The molecule has 1 aromatic carbocycles. The van der Waals surface area contributed by atoms with Crippen LogP contribution in [-0.4, -0.2) is 26.4 Å². The molecule has 1 aromatic heterocycles. The SMILES string of the molecule is O=Cc1nnn(-c2ccc(O)cc2)c1C(F)(F)F. The smallest absolute Gasteiger partial charge is 0.435 e. The fourth-order valence-electron chi connectivity index (χ4n) is 1.41. The largest absolute Gasteiger partial charge is 0.508 e. The highest BCUT2D eigenvalue weighted by atomic mass is 19.4. The first-order valence-electron chi connectivity index (χ1n) is 4.71. The molecule has 2 rings (SSSR count). The van der Waals surface area contributed by atoms with Crippen molar-refractivity contribution >= 4 is 6.29 Å². The third-order valence-corrected chi connectivity index (χ3v) is 2.17. The third kappa shape index (κ3) is 2.04. The first kappa shape index (κ1) is 12.1. The summed E-state index contributed by atoms with van der Waals surface area (Å²) in [6, 6.07) is 4.87. The number of nitrogens with zero attached hydrogens (tertiary/aromatic N) is 3. The first-order chi connectivity index (χ1) is 8.43. The van der Waals surface area contributed by atoms with Crippen LogP contribution < -0.4 is 0 Å². The van der Waals surface area contributed by atoms with Crippen molar-refractivity contribution in [2.45, 2.75) is 6.18 Å². The minimum Gasteiger partial charge on any atom is -0.508 e. The number of rotatable bonds is 2. The maximum Gasteiger partial charge on any atom is 0.435 e. The average Bonchev–Trinajstić information content (AvgIpc) is 2.73. The molecular weight excluding hydrogens is 251 g/mol. The molecule has 8 heteroatoms. The van der Waals surface area contributed by atoms with Crippen molar-refractivity contribution in [1.82, 2.24) is 15.0 Å². The molecule has 18 heavy (non-hydrogen) atoms. The van der Waals surface area contributed by atoms with E-state index in [2.05, 4.69) is 10.3 Å². The molecular formula is C10H6F3N3O2. The summed E-state index contributed by atoms with van der Waals surface area (Å²) in [6.07, 6.45) is -4.76. The minimum atomic E-state index is -4.75. The van der Waals surface area contributed by atoms with Crippen molar-refractivity contribution in [1.29, 1.82) is 0 Å². The van der Waals surface area contributed by atoms with Gasteiger partial charge in [0.15, 0.2) is 17.7 Å². The number of halogens is 3. The molecule has 1 heterocycles. The van der Waals surface area contributed by atoms with Crippen LogP contribution in [0.2, 0.25) is 0 Å². The summed E-state index contributed by atoms with van der Waals surface area (Å²) in [5.41, 5.74) is -1.99. The zero-order valence-electron chi connectivity index (χ0n) is 8.72. The Labute approximate surface area is 98.5 Å². The second-order valence-corrected chi connectivity index (χ2v) is 3.37. The number of aldehydes is 1. The summed E-state index contributed by atoms with van der Waals surface area (Å²) in [7, 11) is 0. The second kappa shape index (κ2) is 4.13. The molecule has 0 aliphatic rings. The van der Waals surface area contributed by atoms with Crippen LogP contribution in [0.25, 0.3) is 5.69 Å². The van der Waals surface area contributed by atoms with E-state index in [4.69, 9.17) is 5.11 Å². The summed E-state index contributed by atoms with van der Waals surface area (Å²) in [5, 5.41) is 15.5. The molecule has 0 radical (unpaired) electrons. The summed E-state index contributed by atoms with van der Waals surface area (Å²) in [4.78, 5) is 10.5. The number of aromatic hydroxyl groups is 1. The summed E-state index contributed by atoms with van der Waals surface area (Å²) >= 11 is 0. The van der Waals surface area contributed by atoms with Gasteiger partial charge >= 0.3 is 6.18 Å². The van der Waals surface area contributed by atoms with Crippen LogP contribution in [0.4, 0.5) is 13.2 Å². The van der Waals surface area contributed by atoms with E-state index in [1.54, 1.807) is 0 Å². The van der Waals surface area contributed by atoms with E-state index in [-0.39, 0.29) is 17.7 Å². The highest BCUT2D eigenvalue weighted by molar-refractivity contribution is 5.73. The molecule has 0 unspecified atom stereocenters. The summed E-state index contributed by atoms with van der Waals surface area (Å²) in [6.45, 7) is 0. The normalized spacial score (nSPS) is 11.5. The zero-order chi connectivity index (χ0) is 13.3. The number of benzene rings is 1. The standard InChI is InChI=1S/C10H6F3N3O2/c11-10(12,13)9-8(5-17)14-15-16(9)6-1-3-7(18)4-2-6/h1-5,18H. The van der Waals surface area contributed by atoms with Crippen molar-refractivity contribution < 1.29 is 23.1 Å². The Balaban J connectivity index is 2.61. The monoisotopic (exact) mass is 257 g/mol. The van der Waals surface area contributed by atoms with Gasteiger partial charge in [-0.15, -0.1) is 5.10 Å². The molecule has 0 saturated carbocycles. The van der Waals surface area contributed by atoms with Gasteiger partial charge in [-0.25, -0.2) is 4.68 Å². The van der Waals surface area contributed by atoms with Gasteiger partial charge in [-0.3, -0.25) is 4.79 Å². The van der Waals surface area contributed by atoms with Gasteiger partial charge in [0.25, 0.3) is 0 Å². The molecule has 5 nitrogen and oxygen atoms in total. The maximum atomic E-state index is 12.8. The maximum absolute atomic E-state index is 12.8. The number of hydrogen-bond acceptors (Lipinski definition) is 4. The molecule has 1 N–H and O–H groups in total. The Bertz CT molecular complexity index is 575. The summed E-state index contributed by atoms with van der Waals surface area (Å²) in [5.74, 6) is -0.0944. The van der Waals surface area contributed by atoms with Crippen LogP contribution in [0, 0.1) is 0 Å². The van der Waals surface area contributed by atoms with Gasteiger partial charge in [-0.05, 0) is 24.3 Å². The predicted molar refractivity (Wildman–Crippen MR) is 53.4 cm³/mol. The number of phenolic OH excluding ortho intramolecular Hbond substituents is 1. The van der Waals surface area contributed by atoms with E-state index in [0.29, 0.717) is 4.68 Å². The van der Waals surface area contributed by atoms with E-state index >= 15 is 0 Å². The summed E-state index contributed by atoms with van der Waals surface area (Å²) < 4.78 is 38.9. The van der Waals surface area contributed by atoms with E-state index in [9.17, 15) is 18.0 Å².